The molecule has 0 aliphatic rings. The predicted octanol–water partition coefficient (Wildman–Crippen LogP) is 2.73. The summed E-state index contributed by atoms with van der Waals surface area (Å²) in [6.07, 6.45) is 0. The fourth-order valence-corrected chi connectivity index (χ4v) is 2.71. The summed E-state index contributed by atoms with van der Waals surface area (Å²) in [5.41, 5.74) is 0.208. The lowest BCUT2D eigenvalue weighted by Crippen LogP contribution is -2.49. The van der Waals surface area contributed by atoms with Gasteiger partial charge in [0.2, 0.25) is 0 Å². The molecule has 6 heteroatoms. The molecule has 3 nitrogen and oxygen atoms in total. The predicted molar refractivity (Wildman–Crippen MR) is 70.3 cm³/mol. The fraction of sp³-hybridized carbons (Fsp3) is 0.556. The summed E-state index contributed by atoms with van der Waals surface area (Å²) in [4.78, 5) is 15.9. The van der Waals surface area contributed by atoms with Gasteiger partial charge in [-0.3, -0.25) is 4.79 Å². The quantitative estimate of drug-likeness (QED) is 0.844. The number of aromatic nitrogens is 1. The lowest BCUT2D eigenvalue weighted by Gasteiger charge is -2.25. The van der Waals surface area contributed by atoms with Gasteiger partial charge in [0.1, 0.15) is 5.69 Å². The second-order valence-corrected chi connectivity index (χ2v) is 5.72. The van der Waals surface area contributed by atoms with Gasteiger partial charge < -0.3 is 5.32 Å². The SMILES string of the molecule is Cc1nc(C(=O)NC(C)(CBr)CBr)cs1. The van der Waals surface area contributed by atoms with Gasteiger partial charge in [0.05, 0.1) is 10.5 Å². The summed E-state index contributed by atoms with van der Waals surface area (Å²) in [6.45, 7) is 3.85. The first-order valence-electron chi connectivity index (χ1n) is 4.37. The van der Waals surface area contributed by atoms with E-state index in [0.29, 0.717) is 16.4 Å². The lowest BCUT2D eigenvalue weighted by atomic mass is 10.1. The molecule has 0 bridgehead atoms. The number of alkyl halides is 2. The molecule has 1 amide bonds. The molecule has 0 fully saturated rings. The molecule has 0 unspecified atom stereocenters. The second-order valence-electron chi connectivity index (χ2n) is 3.53. The maximum Gasteiger partial charge on any atom is 0.271 e. The maximum absolute atomic E-state index is 11.8. The highest BCUT2D eigenvalue weighted by molar-refractivity contribution is 9.09. The van der Waals surface area contributed by atoms with E-state index in [9.17, 15) is 4.79 Å². The highest BCUT2D eigenvalue weighted by atomic mass is 79.9. The zero-order valence-corrected chi connectivity index (χ0v) is 12.5. The molecule has 0 atom stereocenters. The van der Waals surface area contributed by atoms with Gasteiger partial charge in [0, 0.05) is 16.0 Å². The number of halogens is 2. The van der Waals surface area contributed by atoms with Crippen molar-refractivity contribution in [3.05, 3.63) is 16.1 Å². The molecule has 0 radical (unpaired) electrons. The minimum Gasteiger partial charge on any atom is -0.344 e. The molecule has 1 rings (SSSR count). The van der Waals surface area contributed by atoms with Crippen LogP contribution < -0.4 is 5.32 Å². The van der Waals surface area contributed by atoms with Gasteiger partial charge >= 0.3 is 0 Å². The minimum atomic E-state index is -0.283. The van der Waals surface area contributed by atoms with E-state index in [-0.39, 0.29) is 11.4 Å². The number of carbonyl (C=O) groups is 1. The fourth-order valence-electron chi connectivity index (χ4n) is 0.908. The van der Waals surface area contributed by atoms with E-state index >= 15 is 0 Å². The molecule has 0 saturated heterocycles. The first-order valence-corrected chi connectivity index (χ1v) is 7.49. The molecule has 1 aromatic heterocycles. The number of hydrogen-bond donors (Lipinski definition) is 1. The van der Waals surface area contributed by atoms with E-state index in [2.05, 4.69) is 42.2 Å². The second kappa shape index (κ2) is 5.41. The number of aryl methyl sites for hydroxylation is 1. The first-order chi connectivity index (χ1) is 7.00. The Hall–Kier alpha value is 0.0600. The van der Waals surface area contributed by atoms with Gasteiger partial charge in [0.25, 0.3) is 5.91 Å². The summed E-state index contributed by atoms with van der Waals surface area (Å²) < 4.78 is 0. The largest absolute Gasteiger partial charge is 0.344 e. The smallest absolute Gasteiger partial charge is 0.271 e. The average Bonchev–Trinajstić information content (AvgIpc) is 2.65. The average molecular weight is 356 g/mol. The summed E-state index contributed by atoms with van der Waals surface area (Å²) >= 11 is 8.23. The van der Waals surface area contributed by atoms with E-state index in [0.717, 1.165) is 5.01 Å². The van der Waals surface area contributed by atoms with E-state index < -0.39 is 0 Å². The zero-order valence-electron chi connectivity index (χ0n) is 8.51. The standard InChI is InChI=1S/C9H12Br2N2OS/c1-6-12-7(3-15-6)8(14)13-9(2,4-10)5-11/h3H,4-5H2,1-2H3,(H,13,14). The van der Waals surface area contributed by atoms with Crippen LogP contribution in [0.15, 0.2) is 5.38 Å². The molecular formula is C9H12Br2N2OS. The molecule has 1 N–H and O–H groups in total. The van der Waals surface area contributed by atoms with Gasteiger partial charge in [-0.15, -0.1) is 11.3 Å². The van der Waals surface area contributed by atoms with Crippen molar-refractivity contribution in [1.82, 2.24) is 10.3 Å². The van der Waals surface area contributed by atoms with Crippen LogP contribution in [0.4, 0.5) is 0 Å². The molecule has 0 aliphatic heterocycles. The van der Waals surface area contributed by atoms with Gasteiger partial charge in [-0.25, -0.2) is 4.98 Å². The van der Waals surface area contributed by atoms with Gasteiger partial charge in [-0.1, -0.05) is 31.9 Å². The first kappa shape index (κ1) is 13.1. The molecule has 0 aromatic carbocycles. The van der Waals surface area contributed by atoms with Crippen LogP contribution >= 0.6 is 43.2 Å². The van der Waals surface area contributed by atoms with Crippen LogP contribution in [0.2, 0.25) is 0 Å². The Morgan fingerprint density at radius 1 is 1.60 bits per heavy atom. The Kier molecular flexibility index (Phi) is 4.73. The monoisotopic (exact) mass is 354 g/mol. The highest BCUT2D eigenvalue weighted by Gasteiger charge is 2.25. The molecule has 0 spiro atoms. The lowest BCUT2D eigenvalue weighted by molar-refractivity contribution is 0.0918. The van der Waals surface area contributed by atoms with Crippen LogP contribution in [0.5, 0.6) is 0 Å². The molecular weight excluding hydrogens is 344 g/mol. The number of carbonyl (C=O) groups excluding carboxylic acids is 1. The van der Waals surface area contributed by atoms with E-state index in [4.69, 9.17) is 0 Å². The van der Waals surface area contributed by atoms with Crippen molar-refractivity contribution >= 4 is 49.1 Å². The van der Waals surface area contributed by atoms with Crippen LogP contribution in [-0.2, 0) is 0 Å². The molecule has 1 aromatic rings. The molecule has 0 saturated carbocycles. The third-order valence-corrected chi connectivity index (χ3v) is 5.11. The van der Waals surface area contributed by atoms with Crippen molar-refractivity contribution in [3.63, 3.8) is 0 Å². The Morgan fingerprint density at radius 2 is 2.20 bits per heavy atom. The van der Waals surface area contributed by atoms with Crippen LogP contribution in [0.3, 0.4) is 0 Å². The van der Waals surface area contributed by atoms with E-state index in [1.165, 1.54) is 11.3 Å². The number of thiazole rings is 1. The Morgan fingerprint density at radius 3 is 2.60 bits per heavy atom. The molecule has 1 heterocycles. The Labute approximate surface area is 110 Å². The number of hydrogen-bond acceptors (Lipinski definition) is 3. The van der Waals surface area contributed by atoms with Crippen molar-refractivity contribution in [2.75, 3.05) is 10.7 Å². The number of nitrogens with one attached hydrogen (secondary N) is 1. The van der Waals surface area contributed by atoms with Crippen molar-refractivity contribution in [1.29, 1.82) is 0 Å². The van der Waals surface area contributed by atoms with Crippen LogP contribution in [0.1, 0.15) is 22.4 Å². The molecule has 84 valence electrons. The number of nitrogens with zero attached hydrogens (tertiary/aromatic N) is 1. The zero-order chi connectivity index (χ0) is 11.5. The van der Waals surface area contributed by atoms with Crippen molar-refractivity contribution in [3.8, 4) is 0 Å². The van der Waals surface area contributed by atoms with Gasteiger partial charge in [-0.05, 0) is 13.8 Å². The minimum absolute atomic E-state index is 0.124. The van der Waals surface area contributed by atoms with Crippen LogP contribution in [-0.4, -0.2) is 27.1 Å². The molecule has 0 aliphatic carbocycles. The van der Waals surface area contributed by atoms with Crippen LogP contribution in [0, 0.1) is 6.92 Å². The summed E-state index contributed by atoms with van der Waals surface area (Å²) in [5.74, 6) is -0.124. The van der Waals surface area contributed by atoms with Gasteiger partial charge in [-0.2, -0.15) is 0 Å². The van der Waals surface area contributed by atoms with E-state index in [1.807, 2.05) is 13.8 Å². The Balaban J connectivity index is 2.71. The van der Waals surface area contributed by atoms with Gasteiger partial charge in [0.15, 0.2) is 0 Å². The normalized spacial score (nSPS) is 11.5. The third-order valence-electron chi connectivity index (χ3n) is 1.86. The number of amides is 1. The third kappa shape index (κ3) is 3.53. The van der Waals surface area contributed by atoms with Crippen molar-refractivity contribution in [2.24, 2.45) is 0 Å². The topological polar surface area (TPSA) is 42.0 Å². The van der Waals surface area contributed by atoms with E-state index in [1.54, 1.807) is 5.38 Å². The summed E-state index contributed by atoms with van der Waals surface area (Å²) in [7, 11) is 0. The summed E-state index contributed by atoms with van der Waals surface area (Å²) in [5, 5.41) is 7.00. The maximum atomic E-state index is 11.8. The Bertz CT molecular complexity index is 350. The van der Waals surface area contributed by atoms with Crippen molar-refractivity contribution < 1.29 is 4.79 Å². The molecule has 15 heavy (non-hydrogen) atoms. The summed E-state index contributed by atoms with van der Waals surface area (Å²) in [6, 6.07) is 0. The number of rotatable bonds is 4. The highest BCUT2D eigenvalue weighted by Crippen LogP contribution is 2.14. The van der Waals surface area contributed by atoms with Crippen LogP contribution in [0.25, 0.3) is 0 Å². The van der Waals surface area contributed by atoms with Crippen molar-refractivity contribution in [2.45, 2.75) is 19.4 Å².